The van der Waals surface area contributed by atoms with E-state index in [1.54, 1.807) is 4.98 Å². The van der Waals surface area contributed by atoms with Crippen LogP contribution in [0.5, 0.6) is 0 Å². The molecule has 1 atom stereocenters. The third kappa shape index (κ3) is 3.33. The van der Waals surface area contributed by atoms with Crippen LogP contribution in [-0.2, 0) is 14.8 Å². The van der Waals surface area contributed by atoms with Gasteiger partial charge in [-0.05, 0) is 18.8 Å². The maximum Gasteiger partial charge on any atom is 0.325 e. The third-order valence-corrected chi connectivity index (χ3v) is 4.46. The summed E-state index contributed by atoms with van der Waals surface area (Å²) >= 11 is 0. The second-order valence-electron chi connectivity index (χ2n) is 4.60. The lowest BCUT2D eigenvalue weighted by Crippen LogP contribution is -2.41. The molecule has 0 aliphatic heterocycles. The van der Waals surface area contributed by atoms with Crippen LogP contribution >= 0.6 is 0 Å². The summed E-state index contributed by atoms with van der Waals surface area (Å²) in [6, 6.07) is -0.760. The molecule has 20 heavy (non-hydrogen) atoms. The topological polar surface area (TPSA) is 149 Å². The Morgan fingerprint density at radius 3 is 2.60 bits per heavy atom. The molecule has 1 unspecified atom stereocenters. The second kappa shape index (κ2) is 5.21. The lowest BCUT2D eigenvalue weighted by Gasteiger charge is -2.15. The first-order valence-corrected chi connectivity index (χ1v) is 7.34. The van der Waals surface area contributed by atoms with Gasteiger partial charge in [0.05, 0.1) is 6.42 Å². The summed E-state index contributed by atoms with van der Waals surface area (Å²) in [6.45, 7) is 0. The molecule has 1 aliphatic rings. The van der Waals surface area contributed by atoms with Gasteiger partial charge in [0.25, 0.3) is 5.56 Å². The van der Waals surface area contributed by atoms with Crippen molar-refractivity contribution in [1.29, 1.82) is 0 Å². The minimum absolute atomic E-state index is 0.0392. The van der Waals surface area contributed by atoms with Crippen molar-refractivity contribution in [3.8, 4) is 0 Å². The molecule has 0 bridgehead atoms. The monoisotopic (exact) mass is 303 g/mol. The van der Waals surface area contributed by atoms with Gasteiger partial charge in [-0.1, -0.05) is 0 Å². The largest absolute Gasteiger partial charge is 0.481 e. The molecule has 0 spiro atoms. The van der Waals surface area contributed by atoms with Crippen LogP contribution in [0.1, 0.15) is 19.3 Å². The highest BCUT2D eigenvalue weighted by atomic mass is 32.2. The molecule has 110 valence electrons. The maximum atomic E-state index is 12.0. The zero-order valence-electron chi connectivity index (χ0n) is 10.3. The Hall–Kier alpha value is -1.94. The lowest BCUT2D eigenvalue weighted by molar-refractivity contribution is -0.137. The summed E-state index contributed by atoms with van der Waals surface area (Å²) in [4.78, 5) is 36.3. The van der Waals surface area contributed by atoms with Crippen LogP contribution in [0.25, 0.3) is 0 Å². The van der Waals surface area contributed by atoms with Gasteiger partial charge >= 0.3 is 11.7 Å². The van der Waals surface area contributed by atoms with Crippen molar-refractivity contribution in [2.75, 3.05) is 0 Å². The molecule has 1 saturated carbocycles. The number of aliphatic carboxylic acids is 1. The van der Waals surface area contributed by atoms with Gasteiger partial charge < -0.3 is 10.1 Å². The number of carboxylic acids is 1. The van der Waals surface area contributed by atoms with E-state index in [1.165, 1.54) is 0 Å². The highest BCUT2D eigenvalue weighted by Crippen LogP contribution is 2.34. The Morgan fingerprint density at radius 1 is 1.45 bits per heavy atom. The van der Waals surface area contributed by atoms with Crippen LogP contribution in [0, 0.1) is 5.92 Å². The van der Waals surface area contributed by atoms with Crippen LogP contribution < -0.4 is 16.0 Å². The standard InChI is InChI=1S/C10H13N3O6S/c14-8(15)3-6(5-1-2-5)13-20(18,19)7-4-11-10(17)12-9(7)16/h4-6,13H,1-3H2,(H,14,15)(H2,11,12,16,17). The van der Waals surface area contributed by atoms with Gasteiger partial charge in [0.2, 0.25) is 10.0 Å². The van der Waals surface area contributed by atoms with Crippen molar-refractivity contribution >= 4 is 16.0 Å². The summed E-state index contributed by atoms with van der Waals surface area (Å²) in [5, 5.41) is 8.77. The van der Waals surface area contributed by atoms with Gasteiger partial charge in [-0.25, -0.2) is 17.9 Å². The quantitative estimate of drug-likeness (QED) is 0.507. The van der Waals surface area contributed by atoms with Crippen molar-refractivity contribution < 1.29 is 18.3 Å². The lowest BCUT2D eigenvalue weighted by atomic mass is 10.1. The molecule has 0 amide bonds. The summed E-state index contributed by atoms with van der Waals surface area (Å²) in [5.41, 5.74) is -1.87. The molecule has 1 aliphatic carbocycles. The number of aromatic amines is 2. The van der Waals surface area contributed by atoms with Crippen LogP contribution in [0.4, 0.5) is 0 Å². The Labute approximate surface area is 113 Å². The Kier molecular flexibility index (Phi) is 3.77. The molecule has 1 heterocycles. The van der Waals surface area contributed by atoms with E-state index in [0.717, 1.165) is 19.0 Å². The predicted molar refractivity (Wildman–Crippen MR) is 66.8 cm³/mol. The Balaban J connectivity index is 2.27. The SMILES string of the molecule is O=C(O)CC(NS(=O)(=O)c1c[nH]c(=O)[nH]c1=O)C1CC1. The summed E-state index contributed by atoms with van der Waals surface area (Å²) in [5.74, 6) is -1.16. The van der Waals surface area contributed by atoms with E-state index in [2.05, 4.69) is 9.71 Å². The van der Waals surface area contributed by atoms with Crippen molar-refractivity contribution in [2.24, 2.45) is 5.92 Å². The van der Waals surface area contributed by atoms with Gasteiger partial charge in [0.1, 0.15) is 0 Å². The van der Waals surface area contributed by atoms with Crippen molar-refractivity contribution in [3.63, 3.8) is 0 Å². The van der Waals surface area contributed by atoms with Gasteiger partial charge in [-0.3, -0.25) is 14.6 Å². The molecule has 1 aromatic heterocycles. The fourth-order valence-electron chi connectivity index (χ4n) is 1.85. The minimum Gasteiger partial charge on any atom is -0.481 e. The first kappa shape index (κ1) is 14.5. The normalized spacial score (nSPS) is 16.8. The van der Waals surface area contributed by atoms with Crippen LogP contribution in [0.15, 0.2) is 20.7 Å². The smallest absolute Gasteiger partial charge is 0.325 e. The fraction of sp³-hybridized carbons (Fsp3) is 0.500. The highest BCUT2D eigenvalue weighted by molar-refractivity contribution is 7.89. The van der Waals surface area contributed by atoms with Crippen molar-refractivity contribution in [2.45, 2.75) is 30.2 Å². The number of nitrogens with one attached hydrogen (secondary N) is 3. The summed E-state index contributed by atoms with van der Waals surface area (Å²) in [7, 11) is -4.18. The number of hydrogen-bond acceptors (Lipinski definition) is 5. The Morgan fingerprint density at radius 2 is 2.10 bits per heavy atom. The molecule has 1 aromatic rings. The summed E-state index contributed by atoms with van der Waals surface area (Å²) < 4.78 is 26.3. The average Bonchev–Trinajstić information content (AvgIpc) is 3.09. The van der Waals surface area contributed by atoms with E-state index in [0.29, 0.717) is 0 Å². The van der Waals surface area contributed by atoms with E-state index in [-0.39, 0.29) is 12.3 Å². The first-order valence-electron chi connectivity index (χ1n) is 5.86. The van der Waals surface area contributed by atoms with Gasteiger partial charge in [0.15, 0.2) is 4.90 Å². The van der Waals surface area contributed by atoms with Crippen molar-refractivity contribution in [1.82, 2.24) is 14.7 Å². The zero-order chi connectivity index (χ0) is 14.9. The number of hydrogen-bond donors (Lipinski definition) is 4. The van der Waals surface area contributed by atoms with Crippen LogP contribution in [0.2, 0.25) is 0 Å². The van der Waals surface area contributed by atoms with E-state index in [9.17, 15) is 22.8 Å². The number of rotatable bonds is 6. The molecule has 0 saturated heterocycles. The van der Waals surface area contributed by atoms with E-state index >= 15 is 0 Å². The molecule has 9 nitrogen and oxygen atoms in total. The van der Waals surface area contributed by atoms with Crippen LogP contribution in [0.3, 0.4) is 0 Å². The molecule has 1 fully saturated rings. The van der Waals surface area contributed by atoms with E-state index < -0.39 is 38.2 Å². The number of carbonyl (C=O) groups is 1. The zero-order valence-corrected chi connectivity index (χ0v) is 11.1. The minimum atomic E-state index is -4.18. The fourth-order valence-corrected chi connectivity index (χ4v) is 3.16. The molecule has 0 aromatic carbocycles. The van der Waals surface area contributed by atoms with Gasteiger partial charge in [-0.15, -0.1) is 0 Å². The van der Waals surface area contributed by atoms with E-state index in [1.807, 2.05) is 0 Å². The molecular weight excluding hydrogens is 290 g/mol. The average molecular weight is 303 g/mol. The Bertz CT molecular complexity index is 730. The number of aromatic nitrogens is 2. The number of sulfonamides is 1. The summed E-state index contributed by atoms with van der Waals surface area (Å²) in [6.07, 6.45) is 1.91. The molecular formula is C10H13N3O6S. The second-order valence-corrected chi connectivity index (χ2v) is 6.28. The molecule has 10 heteroatoms. The first-order chi connectivity index (χ1) is 9.29. The predicted octanol–water partition coefficient (Wildman–Crippen LogP) is -1.41. The molecule has 4 N–H and O–H groups in total. The highest BCUT2D eigenvalue weighted by Gasteiger charge is 2.36. The molecule has 0 radical (unpaired) electrons. The van der Waals surface area contributed by atoms with Crippen molar-refractivity contribution in [3.05, 3.63) is 27.0 Å². The molecule has 2 rings (SSSR count). The van der Waals surface area contributed by atoms with Gasteiger partial charge in [0, 0.05) is 12.2 Å². The number of carboxylic acid groups (broad SMARTS) is 1. The third-order valence-electron chi connectivity index (χ3n) is 2.97. The number of H-pyrrole nitrogens is 2. The van der Waals surface area contributed by atoms with Gasteiger partial charge in [-0.2, -0.15) is 0 Å². The van der Waals surface area contributed by atoms with E-state index in [4.69, 9.17) is 5.11 Å². The van der Waals surface area contributed by atoms with Crippen LogP contribution in [-0.4, -0.2) is 35.5 Å². The maximum absolute atomic E-state index is 12.0.